The number of aryl methyl sites for hydroxylation is 2. The van der Waals surface area contributed by atoms with Crippen molar-refractivity contribution in [1.82, 2.24) is 19.7 Å². The second-order valence-electron chi connectivity index (χ2n) is 6.15. The molecule has 0 saturated carbocycles. The molecule has 2 heterocycles. The van der Waals surface area contributed by atoms with Gasteiger partial charge in [-0.05, 0) is 43.5 Å². The Morgan fingerprint density at radius 3 is 2.81 bits per heavy atom. The number of aromatic carboxylic acids is 1. The molecule has 4 rings (SSSR count). The second kappa shape index (κ2) is 6.59. The van der Waals surface area contributed by atoms with Crippen LogP contribution in [0.3, 0.4) is 0 Å². The van der Waals surface area contributed by atoms with Crippen molar-refractivity contribution < 1.29 is 14.6 Å². The summed E-state index contributed by atoms with van der Waals surface area (Å²) in [7, 11) is 0. The highest BCUT2D eigenvalue weighted by molar-refractivity contribution is 5.90. The molecule has 26 heavy (non-hydrogen) atoms. The molecule has 0 atom stereocenters. The molecule has 7 heteroatoms. The minimum atomic E-state index is -0.970. The number of nitrogens with zero attached hydrogens (tertiary/aromatic N) is 4. The highest BCUT2D eigenvalue weighted by atomic mass is 16.5. The Labute approximate surface area is 150 Å². The summed E-state index contributed by atoms with van der Waals surface area (Å²) in [6.07, 6.45) is 6.38. The number of ether oxygens (including phenoxy) is 1. The molecule has 132 valence electrons. The van der Waals surface area contributed by atoms with Crippen LogP contribution < -0.4 is 4.74 Å². The van der Waals surface area contributed by atoms with E-state index in [4.69, 9.17) is 4.74 Å². The van der Waals surface area contributed by atoms with Gasteiger partial charge in [0.15, 0.2) is 5.69 Å². The standard InChI is InChI=1S/C19H18N4O3/c1-2-23-18-15-6-4-14(26-10-12-8-20-11-21-9-12)7-13(15)3-5-16(18)17(22-23)19(24)25/h4,6-9,11H,2-3,5,10H2,1H3,(H,24,25). The molecule has 1 aliphatic rings. The van der Waals surface area contributed by atoms with Gasteiger partial charge in [0.2, 0.25) is 0 Å². The first-order chi connectivity index (χ1) is 12.7. The van der Waals surface area contributed by atoms with Gasteiger partial charge in [-0.25, -0.2) is 14.8 Å². The molecule has 1 N–H and O–H groups in total. The van der Waals surface area contributed by atoms with Crippen LogP contribution in [0, 0.1) is 0 Å². The molecule has 0 radical (unpaired) electrons. The predicted octanol–water partition coefficient (Wildman–Crippen LogP) is 2.74. The highest BCUT2D eigenvalue weighted by Crippen LogP contribution is 2.37. The van der Waals surface area contributed by atoms with Gasteiger partial charge in [0.25, 0.3) is 0 Å². The van der Waals surface area contributed by atoms with Crippen LogP contribution in [-0.2, 0) is 26.0 Å². The van der Waals surface area contributed by atoms with Crippen molar-refractivity contribution in [3.05, 3.63) is 59.3 Å². The number of hydrogen-bond acceptors (Lipinski definition) is 5. The van der Waals surface area contributed by atoms with Crippen molar-refractivity contribution in [3.63, 3.8) is 0 Å². The van der Waals surface area contributed by atoms with Crippen LogP contribution in [0.1, 0.15) is 34.1 Å². The first kappa shape index (κ1) is 16.3. The summed E-state index contributed by atoms with van der Waals surface area (Å²) in [4.78, 5) is 19.4. The van der Waals surface area contributed by atoms with E-state index in [1.54, 1.807) is 17.1 Å². The van der Waals surface area contributed by atoms with Crippen molar-refractivity contribution >= 4 is 5.97 Å². The zero-order valence-electron chi connectivity index (χ0n) is 14.3. The minimum Gasteiger partial charge on any atom is -0.489 e. The summed E-state index contributed by atoms with van der Waals surface area (Å²) < 4.78 is 7.63. The van der Waals surface area contributed by atoms with Crippen LogP contribution in [-0.4, -0.2) is 30.8 Å². The predicted molar refractivity (Wildman–Crippen MR) is 94.1 cm³/mol. The number of fused-ring (bicyclic) bond motifs is 3. The third kappa shape index (κ3) is 2.81. The van der Waals surface area contributed by atoms with Crippen molar-refractivity contribution in [2.75, 3.05) is 0 Å². The van der Waals surface area contributed by atoms with Crippen LogP contribution in [0.4, 0.5) is 0 Å². The van der Waals surface area contributed by atoms with Crippen LogP contribution in [0.2, 0.25) is 0 Å². The molecule has 0 spiro atoms. The molecular formula is C19H18N4O3. The van der Waals surface area contributed by atoms with Crippen molar-refractivity contribution in [1.29, 1.82) is 0 Å². The fourth-order valence-electron chi connectivity index (χ4n) is 3.37. The molecule has 1 aliphatic carbocycles. The molecule has 0 fully saturated rings. The van der Waals surface area contributed by atoms with Gasteiger partial charge in [-0.3, -0.25) is 4.68 Å². The lowest BCUT2D eigenvalue weighted by Gasteiger charge is -2.19. The first-order valence-corrected chi connectivity index (χ1v) is 8.50. The summed E-state index contributed by atoms with van der Waals surface area (Å²) >= 11 is 0. The van der Waals surface area contributed by atoms with Gasteiger partial charge in [0.1, 0.15) is 18.7 Å². The Kier molecular flexibility index (Phi) is 4.12. The minimum absolute atomic E-state index is 0.164. The highest BCUT2D eigenvalue weighted by Gasteiger charge is 2.27. The Bertz CT molecular complexity index is 966. The topological polar surface area (TPSA) is 90.1 Å². The monoisotopic (exact) mass is 350 g/mol. The Morgan fingerprint density at radius 2 is 2.08 bits per heavy atom. The first-order valence-electron chi connectivity index (χ1n) is 8.50. The molecule has 2 aromatic heterocycles. The number of carboxylic acids is 1. The quantitative estimate of drug-likeness (QED) is 0.761. The Hall–Kier alpha value is -3.22. The van der Waals surface area contributed by atoms with Crippen molar-refractivity contribution in [2.45, 2.75) is 32.9 Å². The van der Waals surface area contributed by atoms with Gasteiger partial charge in [0.05, 0.1) is 5.69 Å². The molecule has 3 aromatic rings. The van der Waals surface area contributed by atoms with E-state index in [-0.39, 0.29) is 5.69 Å². The van der Waals surface area contributed by atoms with Gasteiger partial charge < -0.3 is 9.84 Å². The molecule has 0 unspecified atom stereocenters. The maximum absolute atomic E-state index is 11.5. The SMILES string of the molecule is CCn1nc(C(=O)O)c2c1-c1ccc(OCc3cncnc3)cc1CC2. The third-order valence-corrected chi connectivity index (χ3v) is 4.55. The molecule has 7 nitrogen and oxygen atoms in total. The largest absolute Gasteiger partial charge is 0.489 e. The van der Waals surface area contributed by atoms with E-state index in [0.29, 0.717) is 19.6 Å². The number of aromatic nitrogens is 4. The number of carboxylic acid groups (broad SMARTS) is 1. The van der Waals surface area contributed by atoms with E-state index in [9.17, 15) is 9.90 Å². The summed E-state index contributed by atoms with van der Waals surface area (Å²) in [5, 5.41) is 13.7. The number of hydrogen-bond donors (Lipinski definition) is 1. The average molecular weight is 350 g/mol. The molecule has 0 aliphatic heterocycles. The van der Waals surface area contributed by atoms with Gasteiger partial charge in [-0.2, -0.15) is 5.10 Å². The summed E-state index contributed by atoms with van der Waals surface area (Å²) in [6.45, 7) is 2.99. The fourth-order valence-corrected chi connectivity index (χ4v) is 3.37. The van der Waals surface area contributed by atoms with E-state index in [0.717, 1.165) is 40.1 Å². The summed E-state index contributed by atoms with van der Waals surface area (Å²) in [6, 6.07) is 5.92. The van der Waals surface area contributed by atoms with Crippen LogP contribution in [0.15, 0.2) is 36.9 Å². The van der Waals surface area contributed by atoms with E-state index in [1.807, 2.05) is 25.1 Å². The van der Waals surface area contributed by atoms with Gasteiger partial charge in [-0.15, -0.1) is 0 Å². The molecule has 0 amide bonds. The maximum atomic E-state index is 11.5. The van der Waals surface area contributed by atoms with Gasteiger partial charge in [0, 0.05) is 35.6 Å². The number of rotatable bonds is 5. The van der Waals surface area contributed by atoms with Crippen LogP contribution in [0.5, 0.6) is 5.75 Å². The number of carbonyl (C=O) groups is 1. The Balaban J connectivity index is 1.65. The average Bonchev–Trinajstić information content (AvgIpc) is 3.06. The molecule has 0 saturated heterocycles. The van der Waals surface area contributed by atoms with Gasteiger partial charge >= 0.3 is 5.97 Å². The van der Waals surface area contributed by atoms with Crippen LogP contribution in [0.25, 0.3) is 11.3 Å². The van der Waals surface area contributed by atoms with Crippen LogP contribution >= 0.6 is 0 Å². The summed E-state index contributed by atoms with van der Waals surface area (Å²) in [5.41, 5.74) is 4.98. The Morgan fingerprint density at radius 1 is 1.27 bits per heavy atom. The van der Waals surface area contributed by atoms with E-state index in [1.165, 1.54) is 6.33 Å². The normalized spacial score (nSPS) is 12.3. The third-order valence-electron chi connectivity index (χ3n) is 4.55. The van der Waals surface area contributed by atoms with E-state index >= 15 is 0 Å². The van der Waals surface area contributed by atoms with E-state index < -0.39 is 5.97 Å². The van der Waals surface area contributed by atoms with Crippen molar-refractivity contribution in [3.8, 4) is 17.0 Å². The maximum Gasteiger partial charge on any atom is 0.356 e. The number of benzene rings is 1. The second-order valence-corrected chi connectivity index (χ2v) is 6.15. The van der Waals surface area contributed by atoms with Gasteiger partial charge in [-0.1, -0.05) is 0 Å². The van der Waals surface area contributed by atoms with Crippen molar-refractivity contribution in [2.24, 2.45) is 0 Å². The zero-order chi connectivity index (χ0) is 18.1. The van der Waals surface area contributed by atoms with E-state index in [2.05, 4.69) is 15.1 Å². The zero-order valence-corrected chi connectivity index (χ0v) is 14.3. The lowest BCUT2D eigenvalue weighted by atomic mass is 9.88. The lowest BCUT2D eigenvalue weighted by Crippen LogP contribution is -2.09. The molecule has 1 aromatic carbocycles. The smallest absolute Gasteiger partial charge is 0.356 e. The summed E-state index contributed by atoms with van der Waals surface area (Å²) in [5.74, 6) is -0.195. The molecular weight excluding hydrogens is 332 g/mol. The molecule has 0 bridgehead atoms. The fraction of sp³-hybridized carbons (Fsp3) is 0.263. The lowest BCUT2D eigenvalue weighted by molar-refractivity contribution is 0.0688.